The van der Waals surface area contributed by atoms with Gasteiger partial charge < -0.3 is 4.90 Å². The van der Waals surface area contributed by atoms with Gasteiger partial charge in [0.05, 0.1) is 6.54 Å². The molecule has 1 aromatic rings. The Morgan fingerprint density at radius 2 is 2.24 bits per heavy atom. The number of nitrogens with two attached hydrogens (primary N) is 1. The third-order valence-electron chi connectivity index (χ3n) is 2.81. The van der Waals surface area contributed by atoms with Gasteiger partial charge in [-0.15, -0.1) is 0 Å². The van der Waals surface area contributed by atoms with Crippen molar-refractivity contribution in [2.45, 2.75) is 32.9 Å². The lowest BCUT2D eigenvalue weighted by Gasteiger charge is -2.32. The van der Waals surface area contributed by atoms with E-state index < -0.39 is 0 Å². The first-order chi connectivity index (χ1) is 8.09. The molecule has 1 aromatic heterocycles. The molecule has 1 aliphatic heterocycles. The van der Waals surface area contributed by atoms with Crippen molar-refractivity contribution in [1.29, 1.82) is 0 Å². The first kappa shape index (κ1) is 11.8. The molecule has 2 rings (SSSR count). The summed E-state index contributed by atoms with van der Waals surface area (Å²) in [5.74, 6) is 6.39. The molecule has 17 heavy (non-hydrogen) atoms. The zero-order valence-electron chi connectivity index (χ0n) is 10.2. The van der Waals surface area contributed by atoms with Gasteiger partial charge >= 0.3 is 6.03 Å². The van der Waals surface area contributed by atoms with Crippen LogP contribution in [0.5, 0.6) is 0 Å². The molecule has 1 saturated heterocycles. The molecule has 0 spiro atoms. The molecule has 0 bridgehead atoms. The maximum absolute atomic E-state index is 11.8. The number of hydrogen-bond acceptors (Lipinski definition) is 4. The van der Waals surface area contributed by atoms with Crippen LogP contribution in [-0.4, -0.2) is 43.8 Å². The van der Waals surface area contributed by atoms with Gasteiger partial charge in [0.15, 0.2) is 0 Å². The van der Waals surface area contributed by atoms with E-state index in [-0.39, 0.29) is 12.1 Å². The van der Waals surface area contributed by atoms with Gasteiger partial charge in [-0.1, -0.05) is 0 Å². The number of carbonyl (C=O) groups excluding carboxylic acids is 1. The third-order valence-corrected chi connectivity index (χ3v) is 2.81. The van der Waals surface area contributed by atoms with Crippen LogP contribution in [0.25, 0.3) is 0 Å². The fourth-order valence-electron chi connectivity index (χ4n) is 1.94. The lowest BCUT2D eigenvalue weighted by molar-refractivity contribution is 0.125. The van der Waals surface area contributed by atoms with Gasteiger partial charge in [-0.25, -0.2) is 20.3 Å². The Morgan fingerprint density at radius 1 is 1.47 bits per heavy atom. The SMILES string of the molecule is CC(C)n1ncnc1CN1CCCN(N)C1=O. The fraction of sp³-hybridized carbons (Fsp3) is 0.700. The van der Waals surface area contributed by atoms with Gasteiger partial charge in [-0.05, 0) is 20.3 Å². The molecular weight excluding hydrogens is 220 g/mol. The van der Waals surface area contributed by atoms with Crippen LogP contribution in [0, 0.1) is 0 Å². The first-order valence-electron chi connectivity index (χ1n) is 5.79. The predicted molar refractivity (Wildman–Crippen MR) is 61.7 cm³/mol. The smallest absolute Gasteiger partial charge is 0.316 e. The van der Waals surface area contributed by atoms with E-state index in [2.05, 4.69) is 10.1 Å². The van der Waals surface area contributed by atoms with E-state index in [0.29, 0.717) is 13.1 Å². The van der Waals surface area contributed by atoms with Gasteiger partial charge in [0.1, 0.15) is 12.2 Å². The standard InChI is InChI=1S/C10H18N6O/c1-8(2)16-9(12-7-13-16)6-14-4-3-5-15(11)10(14)17/h7-8H,3-6,11H2,1-2H3. The molecule has 0 atom stereocenters. The number of urea groups is 1. The molecule has 0 unspecified atom stereocenters. The normalized spacial score (nSPS) is 17.1. The number of hydrogen-bond donors (Lipinski definition) is 1. The molecule has 1 aliphatic rings. The number of aromatic nitrogens is 3. The molecule has 0 aliphatic carbocycles. The Balaban J connectivity index is 2.09. The Morgan fingerprint density at radius 3 is 2.94 bits per heavy atom. The van der Waals surface area contributed by atoms with Crippen molar-refractivity contribution in [2.75, 3.05) is 13.1 Å². The Hall–Kier alpha value is -1.63. The molecule has 7 heteroatoms. The summed E-state index contributed by atoms with van der Waals surface area (Å²) >= 11 is 0. The van der Waals surface area contributed by atoms with Crippen molar-refractivity contribution in [3.8, 4) is 0 Å². The van der Waals surface area contributed by atoms with Crippen LogP contribution in [0.3, 0.4) is 0 Å². The summed E-state index contributed by atoms with van der Waals surface area (Å²) in [6, 6.07) is 0.0935. The maximum atomic E-state index is 11.8. The van der Waals surface area contributed by atoms with Gasteiger partial charge in [-0.2, -0.15) is 5.10 Å². The quantitative estimate of drug-likeness (QED) is 0.609. The molecule has 1 fully saturated rings. The summed E-state index contributed by atoms with van der Waals surface area (Å²) in [6.45, 7) is 5.87. The zero-order chi connectivity index (χ0) is 12.4. The first-order valence-corrected chi connectivity index (χ1v) is 5.79. The van der Waals surface area contributed by atoms with E-state index in [0.717, 1.165) is 18.8 Å². The van der Waals surface area contributed by atoms with E-state index in [1.54, 1.807) is 4.90 Å². The van der Waals surface area contributed by atoms with Crippen LogP contribution < -0.4 is 5.84 Å². The van der Waals surface area contributed by atoms with E-state index in [1.807, 2.05) is 18.5 Å². The number of hydrazine groups is 1. The van der Waals surface area contributed by atoms with Crippen LogP contribution in [0.15, 0.2) is 6.33 Å². The van der Waals surface area contributed by atoms with Crippen molar-refractivity contribution in [3.05, 3.63) is 12.2 Å². The second kappa shape index (κ2) is 4.70. The van der Waals surface area contributed by atoms with Gasteiger partial charge in [0.25, 0.3) is 0 Å². The van der Waals surface area contributed by atoms with Crippen molar-refractivity contribution < 1.29 is 4.79 Å². The van der Waals surface area contributed by atoms with Gasteiger partial charge in [0.2, 0.25) is 0 Å². The maximum Gasteiger partial charge on any atom is 0.334 e. The fourth-order valence-corrected chi connectivity index (χ4v) is 1.94. The number of rotatable bonds is 3. The van der Waals surface area contributed by atoms with Crippen LogP contribution in [-0.2, 0) is 6.54 Å². The van der Waals surface area contributed by atoms with Crippen molar-refractivity contribution >= 4 is 6.03 Å². The summed E-state index contributed by atoms with van der Waals surface area (Å²) in [5, 5.41) is 5.40. The highest BCUT2D eigenvalue weighted by Crippen LogP contribution is 2.12. The molecule has 7 nitrogen and oxygen atoms in total. The van der Waals surface area contributed by atoms with Gasteiger partial charge in [-0.3, -0.25) is 5.01 Å². The minimum absolute atomic E-state index is 0.144. The minimum Gasteiger partial charge on any atom is -0.316 e. The molecule has 0 radical (unpaired) electrons. The van der Waals surface area contributed by atoms with Crippen molar-refractivity contribution in [1.82, 2.24) is 24.7 Å². The zero-order valence-corrected chi connectivity index (χ0v) is 10.2. The van der Waals surface area contributed by atoms with Crippen molar-refractivity contribution in [2.24, 2.45) is 5.84 Å². The third kappa shape index (κ3) is 2.38. The summed E-state index contributed by atoms with van der Waals surface area (Å²) in [6.07, 6.45) is 2.40. The molecule has 0 aromatic carbocycles. The monoisotopic (exact) mass is 238 g/mol. The highest BCUT2D eigenvalue weighted by atomic mass is 16.2. The summed E-state index contributed by atoms with van der Waals surface area (Å²) < 4.78 is 1.82. The number of carbonyl (C=O) groups is 1. The minimum atomic E-state index is -0.144. The molecule has 2 N–H and O–H groups in total. The van der Waals surface area contributed by atoms with E-state index in [9.17, 15) is 4.79 Å². The van der Waals surface area contributed by atoms with Crippen LogP contribution in [0.2, 0.25) is 0 Å². The molecule has 94 valence electrons. The molecule has 2 amide bonds. The van der Waals surface area contributed by atoms with E-state index >= 15 is 0 Å². The predicted octanol–water partition coefficient (Wildman–Crippen LogP) is 0.360. The Labute approximate surface area is 100 Å². The lowest BCUT2D eigenvalue weighted by atomic mass is 10.3. The van der Waals surface area contributed by atoms with Crippen LogP contribution >= 0.6 is 0 Å². The summed E-state index contributed by atoms with van der Waals surface area (Å²) in [4.78, 5) is 17.7. The largest absolute Gasteiger partial charge is 0.334 e. The molecular formula is C10H18N6O. The topological polar surface area (TPSA) is 80.3 Å². The highest BCUT2D eigenvalue weighted by Gasteiger charge is 2.24. The Bertz CT molecular complexity index is 401. The van der Waals surface area contributed by atoms with Crippen LogP contribution in [0.1, 0.15) is 32.1 Å². The second-order valence-electron chi connectivity index (χ2n) is 4.47. The molecule has 2 heterocycles. The van der Waals surface area contributed by atoms with Gasteiger partial charge in [0, 0.05) is 19.1 Å². The average Bonchev–Trinajstić information content (AvgIpc) is 2.73. The Kier molecular flexibility index (Phi) is 3.28. The van der Waals surface area contributed by atoms with E-state index in [1.165, 1.54) is 11.3 Å². The highest BCUT2D eigenvalue weighted by molar-refractivity contribution is 5.74. The number of amides is 2. The van der Waals surface area contributed by atoms with Crippen LogP contribution in [0.4, 0.5) is 4.79 Å². The summed E-state index contributed by atoms with van der Waals surface area (Å²) in [7, 11) is 0. The van der Waals surface area contributed by atoms with Crippen molar-refractivity contribution in [3.63, 3.8) is 0 Å². The lowest BCUT2D eigenvalue weighted by Crippen LogP contribution is -2.52. The van der Waals surface area contributed by atoms with E-state index in [4.69, 9.17) is 5.84 Å². The summed E-state index contributed by atoms with van der Waals surface area (Å²) in [5.41, 5.74) is 0. The second-order valence-corrected chi connectivity index (χ2v) is 4.47. The number of nitrogens with zero attached hydrogens (tertiary/aromatic N) is 5. The average molecular weight is 238 g/mol. The molecule has 0 saturated carbocycles.